The van der Waals surface area contributed by atoms with Crippen LogP contribution in [0.15, 0.2) is 36.7 Å². The van der Waals surface area contributed by atoms with Gasteiger partial charge in [0.15, 0.2) is 6.61 Å². The molecule has 0 aliphatic heterocycles. The predicted molar refractivity (Wildman–Crippen MR) is 123 cm³/mol. The van der Waals surface area contributed by atoms with E-state index in [1.54, 1.807) is 32.0 Å². The number of halogens is 3. The highest BCUT2D eigenvalue weighted by Gasteiger charge is 2.26. The topological polar surface area (TPSA) is 129 Å². The van der Waals surface area contributed by atoms with Crippen LogP contribution in [-0.4, -0.2) is 27.4 Å². The first-order valence-corrected chi connectivity index (χ1v) is 10.4. The second kappa shape index (κ2) is 10.5. The highest BCUT2D eigenvalue weighted by atomic mass is 35.5. The van der Waals surface area contributed by atoms with Gasteiger partial charge in [-0.05, 0) is 55.3 Å². The van der Waals surface area contributed by atoms with E-state index < -0.39 is 23.1 Å². The van der Waals surface area contributed by atoms with Crippen LogP contribution in [0.1, 0.15) is 11.1 Å². The van der Waals surface area contributed by atoms with E-state index in [2.05, 4.69) is 20.8 Å². The molecule has 10 nitrogen and oxygen atoms in total. The Labute approximate surface area is 202 Å². The zero-order valence-electron chi connectivity index (χ0n) is 17.2. The fourth-order valence-corrected chi connectivity index (χ4v) is 3.24. The smallest absolute Gasteiger partial charge is 0.374 e. The highest BCUT2D eigenvalue weighted by Crippen LogP contribution is 2.35. The molecule has 33 heavy (non-hydrogen) atoms. The van der Waals surface area contributed by atoms with Gasteiger partial charge in [-0.1, -0.05) is 34.8 Å². The summed E-state index contributed by atoms with van der Waals surface area (Å²) in [6.07, 6.45) is 1.05. The third-order valence-corrected chi connectivity index (χ3v) is 5.30. The molecule has 0 aliphatic rings. The second-order valence-electron chi connectivity index (χ2n) is 6.64. The number of carbonyl (C=O) groups excluding carboxylic acids is 1. The molecule has 0 unspecified atom stereocenters. The lowest BCUT2D eigenvalue weighted by molar-refractivity contribution is -0.385. The molecular formula is C20H16Cl3N5O5. The summed E-state index contributed by atoms with van der Waals surface area (Å²) in [5.41, 5.74) is 5.53. The standard InChI is InChI=1S/C20H16Cl3N5O5/c1-10-5-13(6-11(2)17(10)23)33-20-18(28(30)31)19(24-9-25-20)27-26-16(29)8-32-15-4-3-12(21)7-14(15)22/h3-7,9H,8H2,1-2H3,(H,26,29)(H,24,25,27). The molecule has 0 aliphatic carbocycles. The average Bonchev–Trinajstić information content (AvgIpc) is 2.75. The second-order valence-corrected chi connectivity index (χ2v) is 7.86. The molecule has 172 valence electrons. The van der Waals surface area contributed by atoms with Crippen molar-refractivity contribution >= 4 is 52.2 Å². The molecule has 0 saturated carbocycles. The van der Waals surface area contributed by atoms with Crippen molar-refractivity contribution in [2.45, 2.75) is 13.8 Å². The molecular weight excluding hydrogens is 497 g/mol. The summed E-state index contributed by atoms with van der Waals surface area (Å²) in [6, 6.07) is 7.76. The van der Waals surface area contributed by atoms with Crippen molar-refractivity contribution in [2.24, 2.45) is 0 Å². The fourth-order valence-electron chi connectivity index (χ4n) is 2.67. The minimum atomic E-state index is -0.733. The minimum absolute atomic E-state index is 0.226. The number of anilines is 1. The van der Waals surface area contributed by atoms with Crippen LogP contribution in [0.2, 0.25) is 15.1 Å². The summed E-state index contributed by atoms with van der Waals surface area (Å²) in [4.78, 5) is 30.7. The van der Waals surface area contributed by atoms with E-state index in [0.717, 1.165) is 17.5 Å². The first-order valence-electron chi connectivity index (χ1n) is 9.22. The number of nitrogens with zero attached hydrogens (tertiary/aromatic N) is 3. The van der Waals surface area contributed by atoms with Crippen molar-refractivity contribution < 1.29 is 19.2 Å². The first kappa shape index (κ1) is 24.3. The van der Waals surface area contributed by atoms with Crippen LogP contribution < -0.4 is 20.3 Å². The van der Waals surface area contributed by atoms with Gasteiger partial charge < -0.3 is 9.47 Å². The molecule has 3 rings (SSSR count). The van der Waals surface area contributed by atoms with Crippen LogP contribution in [0.4, 0.5) is 11.5 Å². The first-order chi connectivity index (χ1) is 15.7. The van der Waals surface area contributed by atoms with Gasteiger partial charge in [0, 0.05) is 10.0 Å². The van der Waals surface area contributed by atoms with E-state index in [4.69, 9.17) is 44.3 Å². The molecule has 0 spiro atoms. The Kier molecular flexibility index (Phi) is 7.75. The maximum atomic E-state index is 12.1. The number of benzene rings is 2. The Morgan fingerprint density at radius 2 is 1.82 bits per heavy atom. The van der Waals surface area contributed by atoms with Crippen molar-refractivity contribution in [2.75, 3.05) is 12.0 Å². The number of carbonyl (C=O) groups is 1. The molecule has 13 heteroatoms. The normalized spacial score (nSPS) is 10.5. The van der Waals surface area contributed by atoms with Gasteiger partial charge in [0.1, 0.15) is 17.8 Å². The quantitative estimate of drug-likeness (QED) is 0.308. The van der Waals surface area contributed by atoms with Crippen LogP contribution in [0, 0.1) is 24.0 Å². The van der Waals surface area contributed by atoms with Gasteiger partial charge in [-0.3, -0.25) is 25.8 Å². The molecule has 1 amide bonds. The molecule has 1 heterocycles. The zero-order chi connectivity index (χ0) is 24.1. The Morgan fingerprint density at radius 1 is 1.12 bits per heavy atom. The number of hydrogen-bond donors (Lipinski definition) is 2. The van der Waals surface area contributed by atoms with Crippen molar-refractivity contribution in [1.82, 2.24) is 15.4 Å². The number of nitrogens with one attached hydrogen (secondary N) is 2. The molecule has 2 aromatic carbocycles. The van der Waals surface area contributed by atoms with Crippen molar-refractivity contribution in [3.63, 3.8) is 0 Å². The Bertz CT molecular complexity index is 1200. The number of ether oxygens (including phenoxy) is 2. The van der Waals surface area contributed by atoms with Crippen LogP contribution in [0.25, 0.3) is 0 Å². The maximum Gasteiger partial charge on any atom is 0.374 e. The van der Waals surface area contributed by atoms with E-state index in [9.17, 15) is 14.9 Å². The number of hydrogen-bond acceptors (Lipinski definition) is 8. The number of nitro groups is 1. The lowest BCUT2D eigenvalue weighted by atomic mass is 10.1. The molecule has 1 aromatic heterocycles. The van der Waals surface area contributed by atoms with E-state index >= 15 is 0 Å². The summed E-state index contributed by atoms with van der Waals surface area (Å²) < 4.78 is 10.9. The van der Waals surface area contributed by atoms with E-state index in [-0.39, 0.29) is 22.5 Å². The van der Waals surface area contributed by atoms with Gasteiger partial charge in [-0.2, -0.15) is 4.98 Å². The van der Waals surface area contributed by atoms with Crippen LogP contribution in [-0.2, 0) is 4.79 Å². The SMILES string of the molecule is Cc1cc(Oc2ncnc(NNC(=O)COc3ccc(Cl)cc3Cl)c2[N+](=O)[O-])cc(C)c1Cl. The third-order valence-electron chi connectivity index (χ3n) is 4.17. The Balaban J connectivity index is 1.71. The number of rotatable bonds is 8. The number of aryl methyl sites for hydroxylation is 2. The summed E-state index contributed by atoms with van der Waals surface area (Å²) >= 11 is 17.9. The van der Waals surface area contributed by atoms with E-state index in [1.165, 1.54) is 12.1 Å². The van der Waals surface area contributed by atoms with Gasteiger partial charge in [-0.25, -0.2) is 4.98 Å². The molecule has 0 fully saturated rings. The number of aromatic nitrogens is 2. The molecule has 0 saturated heterocycles. The van der Waals surface area contributed by atoms with Crippen molar-refractivity contribution in [3.05, 3.63) is 73.0 Å². The third kappa shape index (κ3) is 6.13. The summed E-state index contributed by atoms with van der Waals surface area (Å²) in [6.45, 7) is 3.12. The van der Waals surface area contributed by atoms with E-state index in [0.29, 0.717) is 15.8 Å². The summed E-state index contributed by atoms with van der Waals surface area (Å²) in [5.74, 6) is -0.712. The summed E-state index contributed by atoms with van der Waals surface area (Å²) in [7, 11) is 0. The van der Waals surface area contributed by atoms with Gasteiger partial charge in [-0.15, -0.1) is 0 Å². The monoisotopic (exact) mass is 511 g/mol. The largest absolute Gasteiger partial charge is 0.482 e. The van der Waals surface area contributed by atoms with Gasteiger partial charge in [0.05, 0.1) is 9.95 Å². The minimum Gasteiger partial charge on any atom is -0.482 e. The lowest BCUT2D eigenvalue weighted by Crippen LogP contribution is -2.34. The molecule has 0 bridgehead atoms. The summed E-state index contributed by atoms with van der Waals surface area (Å²) in [5, 5.41) is 12.9. The maximum absolute atomic E-state index is 12.1. The number of amides is 1. The lowest BCUT2D eigenvalue weighted by Gasteiger charge is -2.12. The van der Waals surface area contributed by atoms with Crippen LogP contribution in [0.3, 0.4) is 0 Å². The van der Waals surface area contributed by atoms with Crippen molar-refractivity contribution in [1.29, 1.82) is 0 Å². The van der Waals surface area contributed by atoms with Gasteiger partial charge in [0.25, 0.3) is 5.91 Å². The molecule has 2 N–H and O–H groups in total. The zero-order valence-corrected chi connectivity index (χ0v) is 19.5. The number of hydrazine groups is 1. The highest BCUT2D eigenvalue weighted by molar-refractivity contribution is 6.35. The Morgan fingerprint density at radius 3 is 2.45 bits per heavy atom. The van der Waals surface area contributed by atoms with Crippen LogP contribution in [0.5, 0.6) is 17.4 Å². The van der Waals surface area contributed by atoms with Crippen LogP contribution >= 0.6 is 34.8 Å². The van der Waals surface area contributed by atoms with Gasteiger partial charge >= 0.3 is 11.6 Å². The Hall–Kier alpha value is -3.34. The molecule has 3 aromatic rings. The predicted octanol–water partition coefficient (Wildman–Crippen LogP) is 5.28. The van der Waals surface area contributed by atoms with E-state index in [1.807, 2.05) is 0 Å². The molecule has 0 atom stereocenters. The average molecular weight is 513 g/mol. The fraction of sp³-hybridized carbons (Fsp3) is 0.150. The molecule has 0 radical (unpaired) electrons. The van der Waals surface area contributed by atoms with Crippen molar-refractivity contribution in [3.8, 4) is 17.4 Å². The van der Waals surface area contributed by atoms with Gasteiger partial charge in [0.2, 0.25) is 5.82 Å².